The zero-order valence-electron chi connectivity index (χ0n) is 21.9. The van der Waals surface area contributed by atoms with Crippen LogP contribution in [0.5, 0.6) is 0 Å². The van der Waals surface area contributed by atoms with E-state index in [0.717, 1.165) is 61.5 Å². The molecule has 0 saturated carbocycles. The summed E-state index contributed by atoms with van der Waals surface area (Å²) in [4.78, 5) is 22.1. The molecule has 0 amide bonds. The third-order valence-electron chi connectivity index (χ3n) is 7.22. The Balaban J connectivity index is 1.38. The van der Waals surface area contributed by atoms with Crippen LogP contribution < -0.4 is 0 Å². The number of ether oxygens (including phenoxy) is 1. The predicted molar refractivity (Wildman–Crippen MR) is 151 cm³/mol. The van der Waals surface area contributed by atoms with Crippen LogP contribution in [0.2, 0.25) is 0 Å². The summed E-state index contributed by atoms with van der Waals surface area (Å²) in [5.74, 6) is 1.57. The summed E-state index contributed by atoms with van der Waals surface area (Å²) < 4.78 is 9.37. The molecule has 4 aromatic carbocycles. The van der Waals surface area contributed by atoms with Gasteiger partial charge in [-0.25, -0.2) is 14.8 Å². The number of fused-ring (bicyclic) bond motifs is 2. The first kappa shape index (κ1) is 23.7. The topological polar surface area (TPSA) is 61.9 Å². The van der Waals surface area contributed by atoms with Crippen molar-refractivity contribution in [3.8, 4) is 22.5 Å². The normalized spacial score (nSPS) is 11.4. The summed E-state index contributed by atoms with van der Waals surface area (Å²) in [7, 11) is 3.47. The smallest absolute Gasteiger partial charge is 0.338 e. The van der Waals surface area contributed by atoms with Gasteiger partial charge in [0, 0.05) is 19.2 Å². The van der Waals surface area contributed by atoms with Gasteiger partial charge in [0.05, 0.1) is 34.7 Å². The van der Waals surface area contributed by atoms with Crippen molar-refractivity contribution >= 4 is 28.0 Å². The van der Waals surface area contributed by atoms with E-state index in [1.165, 1.54) is 7.11 Å². The van der Waals surface area contributed by atoms with E-state index in [0.29, 0.717) is 12.1 Å². The summed E-state index contributed by atoms with van der Waals surface area (Å²) in [6.07, 6.45) is 0. The number of methoxy groups -OCH3 is 1. The number of aryl methyl sites for hydroxylation is 3. The van der Waals surface area contributed by atoms with Crippen LogP contribution in [-0.4, -0.2) is 32.2 Å². The SMILES string of the molecule is COC(=O)c1ccccc1-c1ccc(Cn2c(C)nc3c(C)cc(-c4nc5ccccc5n4C)cc32)cc1. The molecule has 6 aromatic rings. The van der Waals surface area contributed by atoms with E-state index in [-0.39, 0.29) is 5.97 Å². The van der Waals surface area contributed by atoms with Gasteiger partial charge in [-0.2, -0.15) is 0 Å². The lowest BCUT2D eigenvalue weighted by molar-refractivity contribution is 0.0601. The highest BCUT2D eigenvalue weighted by molar-refractivity contribution is 5.97. The minimum absolute atomic E-state index is 0.336. The number of hydrogen-bond donors (Lipinski definition) is 0. The fraction of sp³-hybridized carbons (Fsp3) is 0.156. The summed E-state index contributed by atoms with van der Waals surface area (Å²) in [5.41, 5.74) is 9.94. The summed E-state index contributed by atoms with van der Waals surface area (Å²) in [6, 6.07) is 28.4. The molecule has 0 aliphatic heterocycles. The van der Waals surface area contributed by atoms with E-state index in [9.17, 15) is 4.79 Å². The maximum Gasteiger partial charge on any atom is 0.338 e. The second kappa shape index (κ2) is 9.30. The van der Waals surface area contributed by atoms with Crippen LogP contribution in [0.4, 0.5) is 0 Å². The van der Waals surface area contributed by atoms with Crippen LogP contribution in [0, 0.1) is 13.8 Å². The van der Waals surface area contributed by atoms with Crippen molar-refractivity contribution in [2.75, 3.05) is 7.11 Å². The van der Waals surface area contributed by atoms with E-state index < -0.39 is 0 Å². The van der Waals surface area contributed by atoms with Crippen LogP contribution in [0.3, 0.4) is 0 Å². The molecule has 0 unspecified atom stereocenters. The zero-order valence-corrected chi connectivity index (χ0v) is 21.9. The Morgan fingerprint density at radius 3 is 2.34 bits per heavy atom. The lowest BCUT2D eigenvalue weighted by Crippen LogP contribution is -2.04. The first-order valence-electron chi connectivity index (χ1n) is 12.6. The Hall–Kier alpha value is -4.71. The molecular formula is C32H28N4O2. The fourth-order valence-corrected chi connectivity index (χ4v) is 5.24. The number of carbonyl (C=O) groups excluding carboxylic acids is 1. The maximum atomic E-state index is 12.2. The number of para-hydroxylation sites is 2. The van der Waals surface area contributed by atoms with E-state index in [2.05, 4.69) is 72.5 Å². The van der Waals surface area contributed by atoms with Crippen LogP contribution in [-0.2, 0) is 18.3 Å². The quantitative estimate of drug-likeness (QED) is 0.247. The summed E-state index contributed by atoms with van der Waals surface area (Å²) >= 11 is 0. The molecule has 0 N–H and O–H groups in total. The Labute approximate surface area is 221 Å². The lowest BCUT2D eigenvalue weighted by Gasteiger charge is -2.11. The number of carbonyl (C=O) groups is 1. The first-order chi connectivity index (χ1) is 18.4. The fourth-order valence-electron chi connectivity index (χ4n) is 5.24. The van der Waals surface area contributed by atoms with Crippen LogP contribution >= 0.6 is 0 Å². The van der Waals surface area contributed by atoms with E-state index in [4.69, 9.17) is 14.7 Å². The zero-order chi connectivity index (χ0) is 26.4. The van der Waals surface area contributed by atoms with Gasteiger partial charge in [0.2, 0.25) is 0 Å². The molecule has 0 bridgehead atoms. The number of benzene rings is 4. The van der Waals surface area contributed by atoms with Crippen molar-refractivity contribution in [2.24, 2.45) is 7.05 Å². The van der Waals surface area contributed by atoms with Crippen molar-refractivity contribution in [3.63, 3.8) is 0 Å². The average molecular weight is 501 g/mol. The predicted octanol–water partition coefficient (Wildman–Crippen LogP) is 6.71. The Bertz CT molecular complexity index is 1830. The van der Waals surface area contributed by atoms with Gasteiger partial charge in [0.1, 0.15) is 11.6 Å². The van der Waals surface area contributed by atoms with Crippen LogP contribution in [0.25, 0.3) is 44.6 Å². The maximum absolute atomic E-state index is 12.2. The standard InChI is InChI=1S/C32H28N4O2/c1-20-17-24(31-34-27-11-7-8-12-28(27)35(31)3)18-29-30(20)33-21(2)36(29)19-22-13-15-23(16-14-22)25-9-5-6-10-26(25)32(37)38-4/h5-18H,19H2,1-4H3. The number of hydrogen-bond acceptors (Lipinski definition) is 4. The molecule has 6 heteroatoms. The highest BCUT2D eigenvalue weighted by Crippen LogP contribution is 2.31. The third kappa shape index (κ3) is 3.95. The van der Waals surface area contributed by atoms with Crippen molar-refractivity contribution in [3.05, 3.63) is 107 Å². The minimum Gasteiger partial charge on any atom is -0.465 e. The Morgan fingerprint density at radius 2 is 1.58 bits per heavy atom. The summed E-state index contributed by atoms with van der Waals surface area (Å²) in [5, 5.41) is 0. The molecule has 0 aliphatic carbocycles. The molecule has 0 saturated heterocycles. The van der Waals surface area contributed by atoms with Crippen LogP contribution in [0.15, 0.2) is 84.9 Å². The van der Waals surface area contributed by atoms with Gasteiger partial charge < -0.3 is 13.9 Å². The van der Waals surface area contributed by atoms with Gasteiger partial charge >= 0.3 is 5.97 Å². The number of rotatable bonds is 5. The Morgan fingerprint density at radius 1 is 0.842 bits per heavy atom. The average Bonchev–Trinajstić information content (AvgIpc) is 3.45. The van der Waals surface area contributed by atoms with Crippen molar-refractivity contribution in [1.82, 2.24) is 19.1 Å². The molecule has 2 heterocycles. The summed E-state index contributed by atoms with van der Waals surface area (Å²) in [6.45, 7) is 4.85. The molecular weight excluding hydrogens is 472 g/mol. The molecule has 6 nitrogen and oxygen atoms in total. The van der Waals surface area contributed by atoms with Crippen molar-refractivity contribution in [2.45, 2.75) is 20.4 Å². The minimum atomic E-state index is -0.336. The van der Waals surface area contributed by atoms with E-state index >= 15 is 0 Å². The molecule has 6 rings (SSSR count). The number of nitrogens with zero attached hydrogens (tertiary/aromatic N) is 4. The third-order valence-corrected chi connectivity index (χ3v) is 7.22. The number of aromatic nitrogens is 4. The molecule has 188 valence electrons. The monoisotopic (exact) mass is 500 g/mol. The largest absolute Gasteiger partial charge is 0.465 e. The van der Waals surface area contributed by atoms with Gasteiger partial charge in [0.15, 0.2) is 0 Å². The number of esters is 1. The highest BCUT2D eigenvalue weighted by Gasteiger charge is 2.16. The molecule has 0 radical (unpaired) electrons. The molecule has 2 aromatic heterocycles. The second-order valence-corrected chi connectivity index (χ2v) is 9.62. The molecule has 0 fully saturated rings. The van der Waals surface area contributed by atoms with E-state index in [1.54, 1.807) is 6.07 Å². The molecule has 0 spiro atoms. The van der Waals surface area contributed by atoms with Gasteiger partial charge in [-0.1, -0.05) is 54.6 Å². The molecule has 38 heavy (non-hydrogen) atoms. The van der Waals surface area contributed by atoms with Gasteiger partial charge in [0.25, 0.3) is 0 Å². The van der Waals surface area contributed by atoms with E-state index in [1.807, 2.05) is 36.4 Å². The molecule has 0 atom stereocenters. The van der Waals surface area contributed by atoms with Gasteiger partial charge in [-0.3, -0.25) is 0 Å². The van der Waals surface area contributed by atoms with Gasteiger partial charge in [-0.05, 0) is 66.4 Å². The Kier molecular flexibility index (Phi) is 5.80. The highest BCUT2D eigenvalue weighted by atomic mass is 16.5. The lowest BCUT2D eigenvalue weighted by atomic mass is 9.98. The van der Waals surface area contributed by atoms with Crippen molar-refractivity contribution in [1.29, 1.82) is 0 Å². The van der Waals surface area contributed by atoms with Gasteiger partial charge in [-0.15, -0.1) is 0 Å². The van der Waals surface area contributed by atoms with Crippen LogP contribution in [0.1, 0.15) is 27.3 Å². The molecule has 0 aliphatic rings. The first-order valence-corrected chi connectivity index (χ1v) is 12.6. The van der Waals surface area contributed by atoms with Crippen molar-refractivity contribution < 1.29 is 9.53 Å². The number of imidazole rings is 2. The second-order valence-electron chi connectivity index (χ2n) is 9.62.